The fourth-order valence-electron chi connectivity index (χ4n) is 2.54. The van der Waals surface area contributed by atoms with Crippen LogP contribution >= 0.6 is 11.8 Å². The van der Waals surface area contributed by atoms with E-state index in [0.29, 0.717) is 22.6 Å². The monoisotopic (exact) mass is 379 g/mol. The maximum atomic E-state index is 6.16. The highest BCUT2D eigenvalue weighted by Gasteiger charge is 2.14. The van der Waals surface area contributed by atoms with E-state index in [4.69, 9.17) is 15.0 Å². The third-order valence-corrected chi connectivity index (χ3v) is 4.91. The lowest BCUT2D eigenvalue weighted by Crippen LogP contribution is -2.11. The van der Waals surface area contributed by atoms with Crippen LogP contribution in [0.5, 0.6) is 5.75 Å². The number of nitrogens with zero attached hydrogens (tertiary/aromatic N) is 4. The van der Waals surface area contributed by atoms with Crippen molar-refractivity contribution in [2.45, 2.75) is 10.9 Å². The third kappa shape index (κ3) is 3.65. The molecule has 136 valence electrons. The fraction of sp³-hybridized carbons (Fsp3) is 0.105. The Balaban J connectivity index is 1.46. The molecule has 0 amide bonds. The predicted molar refractivity (Wildman–Crippen MR) is 104 cm³/mol. The van der Waals surface area contributed by atoms with Crippen LogP contribution < -0.4 is 10.6 Å². The number of hydrogen-bond donors (Lipinski definition) is 1. The topological polar surface area (TPSA) is 92.0 Å². The van der Waals surface area contributed by atoms with Gasteiger partial charge in [0.2, 0.25) is 11.0 Å². The Morgan fingerprint density at radius 2 is 1.81 bits per heavy atom. The van der Waals surface area contributed by atoms with Gasteiger partial charge in [-0.15, -0.1) is 10.2 Å². The van der Waals surface area contributed by atoms with Gasteiger partial charge in [0.1, 0.15) is 12.0 Å². The Bertz CT molecular complexity index is 1030. The highest BCUT2D eigenvalue weighted by molar-refractivity contribution is 7.98. The van der Waals surface area contributed by atoms with Gasteiger partial charge in [0.15, 0.2) is 5.82 Å². The minimum Gasteiger partial charge on any atom is -0.497 e. The molecule has 2 aromatic carbocycles. The molecule has 0 bridgehead atoms. The van der Waals surface area contributed by atoms with Gasteiger partial charge < -0.3 is 15.0 Å². The average molecular weight is 379 g/mol. The number of aromatic nitrogens is 4. The Labute approximate surface area is 160 Å². The van der Waals surface area contributed by atoms with Crippen LogP contribution in [0.25, 0.3) is 22.8 Å². The molecule has 0 radical (unpaired) electrons. The lowest BCUT2D eigenvalue weighted by Gasteiger charge is -2.04. The van der Waals surface area contributed by atoms with Gasteiger partial charge in [0.05, 0.1) is 12.8 Å². The van der Waals surface area contributed by atoms with E-state index in [1.54, 1.807) is 13.4 Å². The van der Waals surface area contributed by atoms with Crippen molar-refractivity contribution in [1.82, 2.24) is 19.9 Å². The number of methoxy groups -OCH3 is 1. The highest BCUT2D eigenvalue weighted by Crippen LogP contribution is 2.26. The summed E-state index contributed by atoms with van der Waals surface area (Å²) in [4.78, 5) is 4.51. The van der Waals surface area contributed by atoms with Crippen molar-refractivity contribution in [2.75, 3.05) is 13.0 Å². The van der Waals surface area contributed by atoms with Crippen molar-refractivity contribution in [1.29, 1.82) is 0 Å². The average Bonchev–Trinajstić information content (AvgIpc) is 3.34. The van der Waals surface area contributed by atoms with Crippen molar-refractivity contribution >= 4 is 11.8 Å². The molecule has 2 N–H and O–H groups in total. The molecule has 0 atom stereocenters. The van der Waals surface area contributed by atoms with E-state index in [1.807, 2.05) is 54.6 Å². The molecule has 0 aliphatic rings. The first kappa shape index (κ1) is 17.2. The van der Waals surface area contributed by atoms with Crippen LogP contribution in [0.3, 0.4) is 0 Å². The Morgan fingerprint density at radius 1 is 1.04 bits per heavy atom. The molecule has 0 aliphatic carbocycles. The molecule has 0 spiro atoms. The lowest BCUT2D eigenvalue weighted by atomic mass is 10.2. The molecule has 2 heterocycles. The van der Waals surface area contributed by atoms with Crippen LogP contribution in [0, 0.1) is 0 Å². The lowest BCUT2D eigenvalue weighted by molar-refractivity contribution is 0.415. The van der Waals surface area contributed by atoms with E-state index in [9.17, 15) is 0 Å². The van der Waals surface area contributed by atoms with Crippen LogP contribution in [-0.2, 0) is 5.75 Å². The summed E-state index contributed by atoms with van der Waals surface area (Å²) < 4.78 is 12.2. The Morgan fingerprint density at radius 3 is 2.56 bits per heavy atom. The maximum Gasteiger partial charge on any atom is 0.226 e. The number of nitrogens with two attached hydrogens (primary N) is 1. The van der Waals surface area contributed by atoms with Gasteiger partial charge in [0, 0.05) is 16.9 Å². The molecule has 27 heavy (non-hydrogen) atoms. The fourth-order valence-corrected chi connectivity index (χ4v) is 3.27. The molecular weight excluding hydrogens is 362 g/mol. The molecule has 4 aromatic rings. The van der Waals surface area contributed by atoms with E-state index in [2.05, 4.69) is 15.2 Å². The van der Waals surface area contributed by atoms with Gasteiger partial charge in [-0.05, 0) is 36.4 Å². The summed E-state index contributed by atoms with van der Waals surface area (Å²) in [5.41, 5.74) is 2.62. The second kappa shape index (κ2) is 7.55. The summed E-state index contributed by atoms with van der Waals surface area (Å²) in [6.45, 7) is 0. The Kier molecular flexibility index (Phi) is 4.80. The van der Waals surface area contributed by atoms with Gasteiger partial charge in [-0.3, -0.25) is 0 Å². The zero-order chi connectivity index (χ0) is 18.6. The van der Waals surface area contributed by atoms with Crippen LogP contribution in [0.1, 0.15) is 5.69 Å². The normalized spacial score (nSPS) is 10.9. The zero-order valence-corrected chi connectivity index (χ0v) is 15.4. The molecule has 7 nitrogen and oxygen atoms in total. The van der Waals surface area contributed by atoms with E-state index in [0.717, 1.165) is 22.6 Å². The first-order valence-corrected chi connectivity index (χ1v) is 9.20. The highest BCUT2D eigenvalue weighted by atomic mass is 32.2. The van der Waals surface area contributed by atoms with E-state index in [1.165, 1.54) is 16.4 Å². The minimum atomic E-state index is 0.578. The zero-order valence-electron chi connectivity index (χ0n) is 14.6. The summed E-state index contributed by atoms with van der Waals surface area (Å²) in [5, 5.41) is 8.97. The molecule has 0 unspecified atom stereocenters. The number of benzene rings is 2. The molecule has 2 aromatic heterocycles. The smallest absolute Gasteiger partial charge is 0.226 e. The molecule has 8 heteroatoms. The van der Waals surface area contributed by atoms with Crippen molar-refractivity contribution in [3.8, 4) is 28.6 Å². The van der Waals surface area contributed by atoms with E-state index < -0.39 is 0 Å². The van der Waals surface area contributed by atoms with E-state index >= 15 is 0 Å². The summed E-state index contributed by atoms with van der Waals surface area (Å²) in [6.07, 6.45) is 1.65. The van der Waals surface area contributed by atoms with Gasteiger partial charge in [-0.25, -0.2) is 9.66 Å². The van der Waals surface area contributed by atoms with Crippen LogP contribution in [0.4, 0.5) is 0 Å². The van der Waals surface area contributed by atoms with Crippen molar-refractivity contribution < 1.29 is 9.15 Å². The molecule has 0 fully saturated rings. The van der Waals surface area contributed by atoms with Gasteiger partial charge >= 0.3 is 0 Å². The first-order valence-electron chi connectivity index (χ1n) is 8.22. The Hall–Kier alpha value is -3.26. The second-order valence-electron chi connectivity index (χ2n) is 5.70. The number of rotatable bonds is 6. The van der Waals surface area contributed by atoms with Gasteiger partial charge in [0.25, 0.3) is 0 Å². The van der Waals surface area contributed by atoms with Gasteiger partial charge in [-0.2, -0.15) is 0 Å². The second-order valence-corrected chi connectivity index (χ2v) is 6.65. The molecule has 0 aliphatic heterocycles. The SMILES string of the molecule is COc1ccc(-c2nnc(SCc3coc(-c4ccccc4)n3)n2N)cc1. The maximum absolute atomic E-state index is 6.16. The molecule has 0 saturated heterocycles. The first-order chi connectivity index (χ1) is 13.2. The molecule has 4 rings (SSSR count). The van der Waals surface area contributed by atoms with Crippen molar-refractivity contribution in [3.05, 3.63) is 66.6 Å². The minimum absolute atomic E-state index is 0.578. The largest absolute Gasteiger partial charge is 0.497 e. The predicted octanol–water partition coefficient (Wildman–Crippen LogP) is 3.61. The van der Waals surface area contributed by atoms with Crippen molar-refractivity contribution in [3.63, 3.8) is 0 Å². The standard InChI is InChI=1S/C19H17N5O2S/c1-25-16-9-7-13(8-10-16)17-22-23-19(24(17)20)27-12-15-11-26-18(21-15)14-5-3-2-4-6-14/h2-11H,12,20H2,1H3. The summed E-state index contributed by atoms with van der Waals surface area (Å²) in [5.74, 6) is 8.70. The van der Waals surface area contributed by atoms with E-state index in [-0.39, 0.29) is 0 Å². The van der Waals surface area contributed by atoms with Crippen molar-refractivity contribution in [2.24, 2.45) is 0 Å². The number of nitrogen functional groups attached to an aromatic ring is 1. The summed E-state index contributed by atoms with van der Waals surface area (Å²) >= 11 is 1.45. The summed E-state index contributed by atoms with van der Waals surface area (Å²) in [7, 11) is 1.63. The van der Waals surface area contributed by atoms with Crippen LogP contribution in [-0.4, -0.2) is 27.0 Å². The quantitative estimate of drug-likeness (QED) is 0.404. The summed E-state index contributed by atoms with van der Waals surface area (Å²) in [6, 6.07) is 17.3. The number of hydrogen-bond acceptors (Lipinski definition) is 7. The number of thioether (sulfide) groups is 1. The third-order valence-electron chi connectivity index (χ3n) is 3.93. The van der Waals surface area contributed by atoms with Crippen LogP contribution in [0.2, 0.25) is 0 Å². The molecule has 0 saturated carbocycles. The molecular formula is C19H17N5O2S. The van der Waals surface area contributed by atoms with Crippen LogP contribution in [0.15, 0.2) is 70.4 Å². The van der Waals surface area contributed by atoms with Gasteiger partial charge in [-0.1, -0.05) is 30.0 Å². The number of ether oxygens (including phenoxy) is 1. The number of oxazole rings is 1.